The summed E-state index contributed by atoms with van der Waals surface area (Å²) in [6.07, 6.45) is 1.60. The predicted molar refractivity (Wildman–Crippen MR) is 97.7 cm³/mol. The van der Waals surface area contributed by atoms with Gasteiger partial charge in [-0.15, -0.1) is 0 Å². The number of benzene rings is 1. The molecular formula is C18H16ClN5O. The number of H-pyrrole nitrogens is 1. The molecule has 0 radical (unpaired) electrons. The van der Waals surface area contributed by atoms with E-state index in [9.17, 15) is 4.79 Å². The van der Waals surface area contributed by atoms with Crippen LogP contribution in [0, 0.1) is 0 Å². The number of nitrogens with zero attached hydrogens (tertiary/aromatic N) is 3. The number of carbonyl (C=O) groups is 1. The molecule has 1 unspecified atom stereocenters. The van der Waals surface area contributed by atoms with E-state index in [4.69, 9.17) is 11.6 Å². The molecule has 3 heterocycles. The summed E-state index contributed by atoms with van der Waals surface area (Å²) in [5.74, 6) is -0.161. The Morgan fingerprint density at radius 1 is 1.28 bits per heavy atom. The molecule has 0 bridgehead atoms. The standard InChI is InChI=1S/C18H16ClN5O/c1-10(13-5-6-14-17(23-13)21-9-20-14)22-18(25)16-7-11-3-4-12(19)8-15(11)24(16)2/h3-10H,1-2H3,(H,22,25)(H,20,21,23). The summed E-state index contributed by atoms with van der Waals surface area (Å²) in [7, 11) is 1.85. The summed E-state index contributed by atoms with van der Waals surface area (Å²) in [6, 6.07) is 11.0. The largest absolute Gasteiger partial charge is 0.343 e. The molecule has 0 saturated heterocycles. The number of hydrogen-bond acceptors (Lipinski definition) is 3. The first-order chi connectivity index (χ1) is 12.0. The maximum atomic E-state index is 12.7. The lowest BCUT2D eigenvalue weighted by atomic mass is 10.2. The van der Waals surface area contributed by atoms with Gasteiger partial charge in [0.15, 0.2) is 5.65 Å². The number of pyridine rings is 1. The van der Waals surface area contributed by atoms with Crippen LogP contribution in [0.2, 0.25) is 5.02 Å². The summed E-state index contributed by atoms with van der Waals surface area (Å²) in [5, 5.41) is 4.61. The molecule has 0 aliphatic rings. The lowest BCUT2D eigenvalue weighted by Gasteiger charge is -2.14. The zero-order valence-electron chi connectivity index (χ0n) is 13.7. The van der Waals surface area contributed by atoms with Gasteiger partial charge in [0.25, 0.3) is 5.91 Å². The molecule has 0 aliphatic heterocycles. The summed E-state index contributed by atoms with van der Waals surface area (Å²) in [4.78, 5) is 24.3. The third-order valence-corrected chi connectivity index (χ3v) is 4.57. The summed E-state index contributed by atoms with van der Waals surface area (Å²) in [6.45, 7) is 1.90. The molecule has 3 aromatic heterocycles. The minimum atomic E-state index is -0.241. The Morgan fingerprint density at radius 2 is 2.12 bits per heavy atom. The highest BCUT2D eigenvalue weighted by Crippen LogP contribution is 2.23. The Morgan fingerprint density at radius 3 is 2.96 bits per heavy atom. The molecular weight excluding hydrogens is 338 g/mol. The van der Waals surface area contributed by atoms with Crippen molar-refractivity contribution in [2.75, 3.05) is 0 Å². The first-order valence-electron chi connectivity index (χ1n) is 7.89. The van der Waals surface area contributed by atoms with Crippen LogP contribution in [0.4, 0.5) is 0 Å². The van der Waals surface area contributed by atoms with E-state index in [1.165, 1.54) is 0 Å². The van der Waals surface area contributed by atoms with Crippen LogP contribution >= 0.6 is 11.6 Å². The number of aromatic nitrogens is 4. The molecule has 0 aliphatic carbocycles. The number of hydrogen-bond donors (Lipinski definition) is 2. The lowest BCUT2D eigenvalue weighted by Crippen LogP contribution is -2.28. The van der Waals surface area contributed by atoms with Crippen molar-refractivity contribution in [1.29, 1.82) is 0 Å². The zero-order chi connectivity index (χ0) is 17.6. The zero-order valence-corrected chi connectivity index (χ0v) is 14.5. The fourth-order valence-corrected chi connectivity index (χ4v) is 3.11. The number of fused-ring (bicyclic) bond motifs is 2. The molecule has 2 N–H and O–H groups in total. The molecule has 1 aromatic carbocycles. The quantitative estimate of drug-likeness (QED) is 0.591. The molecule has 25 heavy (non-hydrogen) atoms. The second-order valence-electron chi connectivity index (χ2n) is 6.00. The van der Waals surface area contributed by atoms with Gasteiger partial charge < -0.3 is 14.9 Å². The molecule has 0 spiro atoms. The average Bonchev–Trinajstić information content (AvgIpc) is 3.19. The fourth-order valence-electron chi connectivity index (χ4n) is 2.94. The SMILES string of the molecule is CC(NC(=O)c1cc2ccc(Cl)cc2n1C)c1ccc2[nH]cnc2n1. The number of nitrogens with one attached hydrogen (secondary N) is 2. The summed E-state index contributed by atoms with van der Waals surface area (Å²) < 4.78 is 1.84. The van der Waals surface area contributed by atoms with Gasteiger partial charge in [-0.25, -0.2) is 9.97 Å². The molecule has 4 rings (SSSR count). The van der Waals surface area contributed by atoms with Crippen molar-refractivity contribution in [2.45, 2.75) is 13.0 Å². The van der Waals surface area contributed by atoms with Gasteiger partial charge in [-0.2, -0.15) is 0 Å². The second-order valence-corrected chi connectivity index (χ2v) is 6.43. The van der Waals surface area contributed by atoms with Crippen molar-refractivity contribution in [3.8, 4) is 0 Å². The minimum Gasteiger partial charge on any atom is -0.343 e. The Bertz CT molecular complexity index is 1100. The van der Waals surface area contributed by atoms with Crippen LogP contribution in [0.3, 0.4) is 0 Å². The van der Waals surface area contributed by atoms with Crippen LogP contribution in [0.5, 0.6) is 0 Å². The van der Waals surface area contributed by atoms with E-state index >= 15 is 0 Å². The highest BCUT2D eigenvalue weighted by molar-refractivity contribution is 6.31. The van der Waals surface area contributed by atoms with Gasteiger partial charge in [0.2, 0.25) is 0 Å². The third kappa shape index (κ3) is 2.74. The molecule has 0 saturated carbocycles. The number of carbonyl (C=O) groups excluding carboxylic acids is 1. The van der Waals surface area contributed by atoms with E-state index < -0.39 is 0 Å². The van der Waals surface area contributed by atoms with Crippen LogP contribution in [0.25, 0.3) is 22.1 Å². The molecule has 6 nitrogen and oxygen atoms in total. The van der Waals surface area contributed by atoms with Gasteiger partial charge in [-0.05, 0) is 37.3 Å². The molecule has 1 atom stereocenters. The van der Waals surface area contributed by atoms with Crippen LogP contribution in [-0.4, -0.2) is 25.4 Å². The summed E-state index contributed by atoms with van der Waals surface area (Å²) >= 11 is 6.05. The van der Waals surface area contributed by atoms with E-state index in [2.05, 4.69) is 20.3 Å². The van der Waals surface area contributed by atoms with Crippen molar-refractivity contribution in [2.24, 2.45) is 7.05 Å². The van der Waals surface area contributed by atoms with E-state index in [1.54, 1.807) is 6.33 Å². The molecule has 126 valence electrons. The van der Waals surface area contributed by atoms with E-state index in [-0.39, 0.29) is 11.9 Å². The third-order valence-electron chi connectivity index (χ3n) is 4.33. The number of amides is 1. The fraction of sp³-hybridized carbons (Fsp3) is 0.167. The number of imidazole rings is 1. The van der Waals surface area contributed by atoms with Gasteiger partial charge in [0, 0.05) is 23.0 Å². The van der Waals surface area contributed by atoms with E-state index in [1.807, 2.05) is 54.9 Å². The van der Waals surface area contributed by atoms with Crippen molar-refractivity contribution < 1.29 is 4.79 Å². The Kier molecular flexibility index (Phi) is 3.69. The molecule has 7 heteroatoms. The van der Waals surface area contributed by atoms with Crippen molar-refractivity contribution >= 4 is 39.6 Å². The number of aromatic amines is 1. The maximum Gasteiger partial charge on any atom is 0.268 e. The average molecular weight is 354 g/mol. The normalized spacial score (nSPS) is 12.6. The monoisotopic (exact) mass is 353 g/mol. The molecule has 4 aromatic rings. The minimum absolute atomic E-state index is 0.161. The summed E-state index contributed by atoms with van der Waals surface area (Å²) in [5.41, 5.74) is 3.76. The van der Waals surface area contributed by atoms with Gasteiger partial charge in [-0.1, -0.05) is 17.7 Å². The molecule has 1 amide bonds. The Hall–Kier alpha value is -2.86. The van der Waals surface area contributed by atoms with Crippen LogP contribution in [0.1, 0.15) is 29.1 Å². The topological polar surface area (TPSA) is 75.6 Å². The Labute approximate surface area is 148 Å². The van der Waals surface area contributed by atoms with Crippen molar-refractivity contribution in [3.05, 3.63) is 59.1 Å². The molecule has 0 fully saturated rings. The number of halogens is 1. The second kappa shape index (κ2) is 5.89. The smallest absolute Gasteiger partial charge is 0.268 e. The van der Waals surface area contributed by atoms with Gasteiger partial charge in [-0.3, -0.25) is 4.79 Å². The van der Waals surface area contributed by atoms with Crippen LogP contribution in [-0.2, 0) is 7.05 Å². The lowest BCUT2D eigenvalue weighted by molar-refractivity contribution is 0.0931. The first-order valence-corrected chi connectivity index (χ1v) is 8.26. The Balaban J connectivity index is 1.61. The first kappa shape index (κ1) is 15.7. The van der Waals surface area contributed by atoms with Gasteiger partial charge in [0.05, 0.1) is 23.6 Å². The van der Waals surface area contributed by atoms with E-state index in [0.717, 1.165) is 22.1 Å². The van der Waals surface area contributed by atoms with Crippen LogP contribution < -0.4 is 5.32 Å². The number of aryl methyl sites for hydroxylation is 1. The highest BCUT2D eigenvalue weighted by Gasteiger charge is 2.17. The predicted octanol–water partition coefficient (Wildman–Crippen LogP) is 3.59. The maximum absolute atomic E-state index is 12.7. The van der Waals surface area contributed by atoms with Gasteiger partial charge >= 0.3 is 0 Å². The van der Waals surface area contributed by atoms with Crippen molar-refractivity contribution in [1.82, 2.24) is 24.8 Å². The van der Waals surface area contributed by atoms with Crippen molar-refractivity contribution in [3.63, 3.8) is 0 Å². The highest BCUT2D eigenvalue weighted by atomic mass is 35.5. The van der Waals surface area contributed by atoms with E-state index in [0.29, 0.717) is 16.4 Å². The number of rotatable bonds is 3. The van der Waals surface area contributed by atoms with Gasteiger partial charge in [0.1, 0.15) is 5.69 Å². The van der Waals surface area contributed by atoms with Crippen LogP contribution in [0.15, 0.2) is 42.7 Å².